The molecule has 10 heteroatoms. The van der Waals surface area contributed by atoms with Crippen molar-refractivity contribution in [3.05, 3.63) is 46.6 Å². The molecule has 0 bridgehead atoms. The number of aryl methyl sites for hydroxylation is 1. The van der Waals surface area contributed by atoms with E-state index in [1.165, 1.54) is 36.6 Å². The number of carbonyl (C=O) groups excluding carboxylic acids is 1. The molecule has 1 N–H and O–H groups in total. The molecule has 3 rings (SSSR count). The molecular formula is C14H12KN3O4S2. The van der Waals surface area contributed by atoms with Crippen LogP contribution in [0.2, 0.25) is 0 Å². The normalized spacial score (nSPS) is 15.5. The van der Waals surface area contributed by atoms with Crippen LogP contribution >= 0.6 is 11.3 Å². The molecule has 0 unspecified atom stereocenters. The minimum Gasteiger partial charge on any atom is -0.870 e. The summed E-state index contributed by atoms with van der Waals surface area (Å²) in [6.07, 6.45) is 1.57. The zero-order valence-electron chi connectivity index (χ0n) is 13.2. The molecule has 0 spiro atoms. The van der Waals surface area contributed by atoms with Crippen molar-refractivity contribution in [1.29, 1.82) is 0 Å². The van der Waals surface area contributed by atoms with Crippen LogP contribution in [0.1, 0.15) is 10.4 Å². The predicted octanol–water partition coefficient (Wildman–Crippen LogP) is -2.24. The minimum atomic E-state index is -3.94. The van der Waals surface area contributed by atoms with Crippen LogP contribution < -0.4 is 61.8 Å². The maximum absolute atomic E-state index is 12.5. The van der Waals surface area contributed by atoms with Crippen molar-refractivity contribution in [3.63, 3.8) is 0 Å². The Kier molecular flexibility index (Phi) is 5.90. The number of carbonyl (C=O) groups is 1. The minimum absolute atomic E-state index is 0. The van der Waals surface area contributed by atoms with Crippen molar-refractivity contribution in [2.45, 2.75) is 11.8 Å². The molecule has 1 amide bonds. The number of fused-ring (bicyclic) bond motifs is 1. The van der Waals surface area contributed by atoms with E-state index in [-0.39, 0.29) is 61.8 Å². The second-order valence-corrected chi connectivity index (χ2v) is 8.05. The third-order valence-electron chi connectivity index (χ3n) is 3.36. The van der Waals surface area contributed by atoms with Crippen LogP contribution in [0, 0.1) is 6.92 Å². The molecule has 0 fully saturated rings. The Morgan fingerprint density at radius 3 is 2.62 bits per heavy atom. The van der Waals surface area contributed by atoms with Crippen LogP contribution in [0.15, 0.2) is 41.1 Å². The molecule has 0 radical (unpaired) electrons. The molecule has 7 nitrogen and oxygen atoms in total. The maximum Gasteiger partial charge on any atom is 1.00 e. The van der Waals surface area contributed by atoms with Gasteiger partial charge in [-0.2, -0.15) is 0 Å². The van der Waals surface area contributed by atoms with E-state index in [9.17, 15) is 18.3 Å². The Labute approximate surface area is 185 Å². The van der Waals surface area contributed by atoms with E-state index in [0.717, 1.165) is 4.88 Å². The summed E-state index contributed by atoms with van der Waals surface area (Å²) < 4.78 is 25.7. The van der Waals surface area contributed by atoms with Crippen molar-refractivity contribution in [2.75, 3.05) is 12.4 Å². The van der Waals surface area contributed by atoms with E-state index in [0.29, 0.717) is 9.44 Å². The molecule has 2 heterocycles. The number of benzene rings is 1. The largest absolute Gasteiger partial charge is 1.00 e. The molecular weight excluding hydrogens is 377 g/mol. The first kappa shape index (κ1) is 19.6. The number of amides is 1. The molecule has 24 heavy (non-hydrogen) atoms. The third-order valence-corrected chi connectivity index (χ3v) is 6.00. The fourth-order valence-corrected chi connectivity index (χ4v) is 4.28. The fraction of sp³-hybridized carbons (Fsp3) is 0.143. The van der Waals surface area contributed by atoms with Gasteiger partial charge in [0.25, 0.3) is 15.9 Å². The van der Waals surface area contributed by atoms with Gasteiger partial charge in [-0.15, -0.1) is 11.3 Å². The van der Waals surface area contributed by atoms with Crippen molar-refractivity contribution in [2.24, 2.45) is 0 Å². The van der Waals surface area contributed by atoms with Crippen LogP contribution in [0.4, 0.5) is 5.13 Å². The molecule has 120 valence electrons. The van der Waals surface area contributed by atoms with Gasteiger partial charge in [0.05, 0.1) is 4.90 Å². The summed E-state index contributed by atoms with van der Waals surface area (Å²) in [6.45, 7) is 1.82. The maximum atomic E-state index is 12.5. The van der Waals surface area contributed by atoms with Gasteiger partial charge < -0.3 is 5.11 Å². The molecule has 1 aliphatic rings. The molecule has 1 aromatic heterocycles. The van der Waals surface area contributed by atoms with E-state index < -0.39 is 27.4 Å². The molecule has 0 atom stereocenters. The van der Waals surface area contributed by atoms with Crippen molar-refractivity contribution >= 4 is 38.2 Å². The molecule has 2 aromatic rings. The zero-order chi connectivity index (χ0) is 16.8. The van der Waals surface area contributed by atoms with Crippen LogP contribution in [0.25, 0.3) is 5.76 Å². The first-order valence-corrected chi connectivity index (χ1v) is 8.81. The number of nitrogens with one attached hydrogen (secondary N) is 1. The number of rotatable bonds is 2. The average molecular weight is 389 g/mol. The van der Waals surface area contributed by atoms with Gasteiger partial charge in [0, 0.05) is 18.1 Å². The van der Waals surface area contributed by atoms with E-state index in [1.54, 1.807) is 12.3 Å². The van der Waals surface area contributed by atoms with Gasteiger partial charge in [-0.25, -0.2) is 13.4 Å². The monoisotopic (exact) mass is 389 g/mol. The summed E-state index contributed by atoms with van der Waals surface area (Å²) >= 11 is 1.23. The van der Waals surface area contributed by atoms with Gasteiger partial charge in [-0.3, -0.25) is 14.4 Å². The molecule has 1 aliphatic heterocycles. The first-order chi connectivity index (χ1) is 10.8. The number of nitrogens with zero attached hydrogens (tertiary/aromatic N) is 2. The van der Waals surface area contributed by atoms with Gasteiger partial charge in [0.1, 0.15) is 5.70 Å². The standard InChI is InChI=1S/C14H13N3O4S2.K/c1-8-7-15-14(22-8)16-13(19)11-12(18)9-5-3-4-6-10(9)23(20,21)17(11)2;/h3-7,18H,1-2H3,(H,15,16,19);/q;+1/p-1. The number of aromatic nitrogens is 1. The first-order valence-electron chi connectivity index (χ1n) is 6.56. The van der Waals surface area contributed by atoms with Crippen molar-refractivity contribution in [1.82, 2.24) is 9.29 Å². The summed E-state index contributed by atoms with van der Waals surface area (Å²) in [4.78, 5) is 17.1. The van der Waals surface area contributed by atoms with E-state index in [1.807, 2.05) is 6.92 Å². The number of hydrogen-bond donors (Lipinski definition) is 1. The topological polar surface area (TPSA) is 102 Å². The summed E-state index contributed by atoms with van der Waals surface area (Å²) in [5.41, 5.74) is -0.456. The van der Waals surface area contributed by atoms with Crippen LogP contribution in [-0.4, -0.2) is 30.7 Å². The Bertz CT molecular complexity index is 937. The number of sulfonamides is 1. The summed E-state index contributed by atoms with van der Waals surface area (Å²) in [6, 6.07) is 5.82. The number of thiazole rings is 1. The summed E-state index contributed by atoms with van der Waals surface area (Å²) in [5.74, 6) is -1.44. The SMILES string of the molecule is Cc1cnc(NC(=O)C2=C([O-])c3ccccc3S(=O)(=O)N2C)s1.[K+]. The second-order valence-electron chi connectivity index (χ2n) is 4.88. The smallest absolute Gasteiger partial charge is 0.870 e. The van der Waals surface area contributed by atoms with Gasteiger partial charge in [-0.05, 0) is 18.6 Å². The summed E-state index contributed by atoms with van der Waals surface area (Å²) in [5, 5.41) is 15.3. The summed E-state index contributed by atoms with van der Waals surface area (Å²) in [7, 11) is -2.75. The Balaban J connectivity index is 0.00000208. The van der Waals surface area contributed by atoms with Gasteiger partial charge in [0.2, 0.25) is 0 Å². The van der Waals surface area contributed by atoms with E-state index in [4.69, 9.17) is 0 Å². The molecule has 0 aliphatic carbocycles. The van der Waals surface area contributed by atoms with E-state index in [2.05, 4.69) is 10.3 Å². The zero-order valence-corrected chi connectivity index (χ0v) is 18.0. The number of likely N-dealkylation sites (N-methyl/N-ethyl adjacent to an activating group) is 1. The second kappa shape index (κ2) is 7.24. The van der Waals surface area contributed by atoms with E-state index >= 15 is 0 Å². The molecule has 0 saturated heterocycles. The third kappa shape index (κ3) is 3.32. The Hall–Kier alpha value is -0.754. The van der Waals surface area contributed by atoms with Crippen LogP contribution in [0.5, 0.6) is 0 Å². The molecule has 1 aromatic carbocycles. The van der Waals surface area contributed by atoms with Gasteiger partial charge in [-0.1, -0.05) is 24.0 Å². The van der Waals surface area contributed by atoms with Gasteiger partial charge >= 0.3 is 51.4 Å². The number of hydrogen-bond acceptors (Lipinski definition) is 6. The van der Waals surface area contributed by atoms with Crippen LogP contribution in [-0.2, 0) is 14.8 Å². The average Bonchev–Trinajstić information content (AvgIpc) is 2.91. The Morgan fingerprint density at radius 2 is 2.00 bits per heavy atom. The molecule has 0 saturated carbocycles. The van der Waals surface area contributed by atoms with Crippen LogP contribution in [0.3, 0.4) is 0 Å². The van der Waals surface area contributed by atoms with Crippen molar-refractivity contribution < 1.29 is 69.7 Å². The predicted molar refractivity (Wildman–Crippen MR) is 83.8 cm³/mol. The quantitative estimate of drug-likeness (QED) is 0.585. The fourth-order valence-electron chi connectivity index (χ4n) is 2.23. The van der Waals surface area contributed by atoms with Crippen molar-refractivity contribution in [3.8, 4) is 0 Å². The Morgan fingerprint density at radius 1 is 1.33 bits per heavy atom. The number of anilines is 1. The van der Waals surface area contributed by atoms with Gasteiger partial charge in [0.15, 0.2) is 5.13 Å².